The number of carbonyl (C=O) groups excluding carboxylic acids is 1. The maximum Gasteiger partial charge on any atom is 0.318 e. The fourth-order valence-corrected chi connectivity index (χ4v) is 3.64. The standard InChI is InChI=1S/C22H24N4O3/c1-28-19-12-6-5-10-17(19)20-24-21(29-25-20)18-11-7-15-26(18)22(27)23-14-13-16-8-3-2-4-9-16/h2-6,8-10,12,18H,7,11,13-15H2,1H3,(H,23,27)/t18-/m1/s1. The smallest absolute Gasteiger partial charge is 0.318 e. The van der Waals surface area contributed by atoms with Gasteiger partial charge in [0.1, 0.15) is 11.8 Å². The number of hydrogen-bond donors (Lipinski definition) is 1. The summed E-state index contributed by atoms with van der Waals surface area (Å²) < 4.78 is 10.9. The van der Waals surface area contributed by atoms with Gasteiger partial charge in [0.15, 0.2) is 0 Å². The average molecular weight is 392 g/mol. The maximum absolute atomic E-state index is 12.7. The second-order valence-electron chi connectivity index (χ2n) is 6.98. The maximum atomic E-state index is 12.7. The Morgan fingerprint density at radius 2 is 2.00 bits per heavy atom. The highest BCUT2D eigenvalue weighted by Gasteiger charge is 2.34. The molecule has 4 rings (SSSR count). The molecule has 0 saturated carbocycles. The molecule has 1 fully saturated rings. The van der Waals surface area contributed by atoms with Gasteiger partial charge in [0, 0.05) is 13.1 Å². The van der Waals surface area contributed by atoms with Crippen molar-refractivity contribution in [2.45, 2.75) is 25.3 Å². The van der Waals surface area contributed by atoms with Crippen LogP contribution in [0.1, 0.15) is 30.3 Å². The first kappa shape index (κ1) is 19.0. The van der Waals surface area contributed by atoms with Gasteiger partial charge in [-0.15, -0.1) is 0 Å². The molecule has 0 aliphatic carbocycles. The first-order chi connectivity index (χ1) is 14.3. The Labute approximate surface area is 169 Å². The molecule has 1 N–H and O–H groups in total. The van der Waals surface area contributed by atoms with Crippen molar-refractivity contribution < 1.29 is 14.1 Å². The molecule has 2 amide bonds. The normalized spacial score (nSPS) is 16.0. The Hall–Kier alpha value is -3.35. The van der Waals surface area contributed by atoms with E-state index in [1.54, 1.807) is 12.0 Å². The lowest BCUT2D eigenvalue weighted by atomic mass is 10.1. The number of nitrogens with one attached hydrogen (secondary N) is 1. The second-order valence-corrected chi connectivity index (χ2v) is 6.98. The van der Waals surface area contributed by atoms with Crippen LogP contribution >= 0.6 is 0 Å². The van der Waals surface area contributed by atoms with E-state index in [1.807, 2.05) is 42.5 Å². The van der Waals surface area contributed by atoms with Gasteiger partial charge in [-0.25, -0.2) is 4.79 Å². The third-order valence-corrected chi connectivity index (χ3v) is 5.12. The average Bonchev–Trinajstić information content (AvgIpc) is 3.44. The van der Waals surface area contributed by atoms with Crippen LogP contribution in [0.5, 0.6) is 5.75 Å². The van der Waals surface area contributed by atoms with Crippen LogP contribution in [0.15, 0.2) is 59.1 Å². The number of likely N-dealkylation sites (tertiary alicyclic amines) is 1. The molecule has 3 aromatic rings. The highest BCUT2D eigenvalue weighted by atomic mass is 16.5. The molecule has 2 heterocycles. The Morgan fingerprint density at radius 3 is 2.83 bits per heavy atom. The molecule has 1 atom stereocenters. The van der Waals surface area contributed by atoms with Crippen molar-refractivity contribution in [3.63, 3.8) is 0 Å². The number of aromatic nitrogens is 2. The number of methoxy groups -OCH3 is 1. The first-order valence-electron chi connectivity index (χ1n) is 9.81. The summed E-state index contributed by atoms with van der Waals surface area (Å²) in [7, 11) is 1.61. The fourth-order valence-electron chi connectivity index (χ4n) is 3.64. The van der Waals surface area contributed by atoms with Crippen LogP contribution < -0.4 is 10.1 Å². The highest BCUT2D eigenvalue weighted by Crippen LogP contribution is 2.33. The van der Waals surface area contributed by atoms with Crippen LogP contribution in [-0.4, -0.2) is 41.3 Å². The van der Waals surface area contributed by atoms with E-state index in [1.165, 1.54) is 5.56 Å². The van der Waals surface area contributed by atoms with Gasteiger partial charge in [-0.2, -0.15) is 4.98 Å². The largest absolute Gasteiger partial charge is 0.496 e. The minimum atomic E-state index is -0.206. The van der Waals surface area contributed by atoms with Gasteiger partial charge in [0.25, 0.3) is 0 Å². The third kappa shape index (κ3) is 4.23. The van der Waals surface area contributed by atoms with E-state index < -0.39 is 0 Å². The van der Waals surface area contributed by atoms with Crippen molar-refractivity contribution in [2.24, 2.45) is 0 Å². The predicted octanol–water partition coefficient (Wildman–Crippen LogP) is 3.83. The number of hydrogen-bond acceptors (Lipinski definition) is 5. The summed E-state index contributed by atoms with van der Waals surface area (Å²) in [5, 5.41) is 7.12. The van der Waals surface area contributed by atoms with Gasteiger partial charge in [-0.1, -0.05) is 47.6 Å². The second kappa shape index (κ2) is 8.77. The van der Waals surface area contributed by atoms with Crippen molar-refractivity contribution in [3.8, 4) is 17.1 Å². The summed E-state index contributed by atoms with van der Waals surface area (Å²) in [6.45, 7) is 1.26. The Bertz CT molecular complexity index is 957. The third-order valence-electron chi connectivity index (χ3n) is 5.12. The zero-order valence-corrected chi connectivity index (χ0v) is 16.4. The lowest BCUT2D eigenvalue weighted by Gasteiger charge is -2.22. The summed E-state index contributed by atoms with van der Waals surface area (Å²) in [6, 6.07) is 17.3. The molecule has 150 valence electrons. The number of amides is 2. The minimum Gasteiger partial charge on any atom is -0.496 e. The van der Waals surface area contributed by atoms with Crippen LogP contribution in [0.3, 0.4) is 0 Å². The van der Waals surface area contributed by atoms with Crippen LogP contribution in [0.4, 0.5) is 4.79 Å². The summed E-state index contributed by atoms with van der Waals surface area (Å²) in [4.78, 5) is 19.0. The van der Waals surface area contributed by atoms with Crippen LogP contribution in [0, 0.1) is 0 Å². The van der Waals surface area contributed by atoms with E-state index in [2.05, 4.69) is 27.6 Å². The van der Waals surface area contributed by atoms with E-state index in [4.69, 9.17) is 9.26 Å². The molecule has 0 bridgehead atoms. The summed E-state index contributed by atoms with van der Waals surface area (Å²) in [5.74, 6) is 1.61. The summed E-state index contributed by atoms with van der Waals surface area (Å²) in [6.07, 6.45) is 2.51. The van der Waals surface area contributed by atoms with Crippen molar-refractivity contribution in [2.75, 3.05) is 20.2 Å². The Kier molecular flexibility index (Phi) is 5.74. The van der Waals surface area contributed by atoms with Crippen LogP contribution in [0.2, 0.25) is 0 Å². The van der Waals surface area contributed by atoms with Gasteiger partial charge in [0.05, 0.1) is 12.7 Å². The molecule has 2 aromatic carbocycles. The van der Waals surface area contributed by atoms with E-state index in [0.29, 0.717) is 30.6 Å². The van der Waals surface area contributed by atoms with Crippen molar-refractivity contribution >= 4 is 6.03 Å². The van der Waals surface area contributed by atoms with Gasteiger partial charge >= 0.3 is 6.03 Å². The minimum absolute atomic E-state index is 0.0968. The predicted molar refractivity (Wildman–Crippen MR) is 109 cm³/mol. The molecular formula is C22H24N4O3. The number of urea groups is 1. The zero-order valence-electron chi connectivity index (χ0n) is 16.4. The number of para-hydroxylation sites is 1. The molecule has 1 aromatic heterocycles. The molecule has 0 spiro atoms. The van der Waals surface area contributed by atoms with Crippen LogP contribution in [-0.2, 0) is 6.42 Å². The molecule has 7 heteroatoms. The molecule has 29 heavy (non-hydrogen) atoms. The number of ether oxygens (including phenoxy) is 1. The zero-order chi connectivity index (χ0) is 20.1. The monoisotopic (exact) mass is 392 g/mol. The number of benzene rings is 2. The summed E-state index contributed by atoms with van der Waals surface area (Å²) in [5.41, 5.74) is 1.96. The van der Waals surface area contributed by atoms with E-state index in [0.717, 1.165) is 24.8 Å². The van der Waals surface area contributed by atoms with E-state index in [-0.39, 0.29) is 12.1 Å². The van der Waals surface area contributed by atoms with Crippen molar-refractivity contribution in [1.82, 2.24) is 20.4 Å². The molecule has 0 unspecified atom stereocenters. The molecule has 1 aliphatic heterocycles. The Balaban J connectivity index is 1.42. The lowest BCUT2D eigenvalue weighted by molar-refractivity contribution is 0.180. The van der Waals surface area contributed by atoms with Gasteiger partial charge < -0.3 is 19.5 Å². The quantitative estimate of drug-likeness (QED) is 0.689. The topological polar surface area (TPSA) is 80.5 Å². The van der Waals surface area contributed by atoms with Crippen LogP contribution in [0.25, 0.3) is 11.4 Å². The first-order valence-corrected chi connectivity index (χ1v) is 9.81. The number of carbonyl (C=O) groups is 1. The van der Waals surface area contributed by atoms with Gasteiger partial charge in [0.2, 0.25) is 11.7 Å². The fraction of sp³-hybridized carbons (Fsp3) is 0.318. The number of nitrogens with zero attached hydrogens (tertiary/aromatic N) is 3. The van der Waals surface area contributed by atoms with Crippen molar-refractivity contribution in [3.05, 3.63) is 66.1 Å². The molecule has 1 aliphatic rings. The SMILES string of the molecule is COc1ccccc1-c1noc([C@H]2CCCN2C(=O)NCCc2ccccc2)n1. The summed E-state index contributed by atoms with van der Waals surface area (Å²) >= 11 is 0. The van der Waals surface area contributed by atoms with E-state index in [9.17, 15) is 4.79 Å². The van der Waals surface area contributed by atoms with Crippen molar-refractivity contribution in [1.29, 1.82) is 0 Å². The number of rotatable bonds is 6. The molecule has 7 nitrogen and oxygen atoms in total. The molecule has 0 radical (unpaired) electrons. The van der Waals surface area contributed by atoms with E-state index >= 15 is 0 Å². The van der Waals surface area contributed by atoms with Gasteiger partial charge in [-0.05, 0) is 37.0 Å². The van der Waals surface area contributed by atoms with Gasteiger partial charge in [-0.3, -0.25) is 0 Å². The lowest BCUT2D eigenvalue weighted by Crippen LogP contribution is -2.40. The molecule has 1 saturated heterocycles. The highest BCUT2D eigenvalue weighted by molar-refractivity contribution is 5.75. The molecular weight excluding hydrogens is 368 g/mol. The Morgan fingerprint density at radius 1 is 1.21 bits per heavy atom.